The molecule has 1 aliphatic heterocycles. The van der Waals surface area contributed by atoms with E-state index >= 15 is 0 Å². The predicted molar refractivity (Wildman–Crippen MR) is 97.0 cm³/mol. The molecule has 0 bridgehead atoms. The van der Waals surface area contributed by atoms with Crippen molar-refractivity contribution in [1.29, 1.82) is 0 Å². The minimum absolute atomic E-state index is 0.0246. The smallest absolute Gasteiger partial charge is 0.237 e. The van der Waals surface area contributed by atoms with E-state index < -0.39 is 0 Å². The highest BCUT2D eigenvalue weighted by molar-refractivity contribution is 8.00. The molecule has 4 nitrogen and oxygen atoms in total. The molecule has 2 amide bonds. The van der Waals surface area contributed by atoms with Crippen LogP contribution in [0.5, 0.6) is 0 Å². The van der Waals surface area contributed by atoms with Gasteiger partial charge in [-0.25, -0.2) is 0 Å². The van der Waals surface area contributed by atoms with Crippen LogP contribution in [0.2, 0.25) is 0 Å². The van der Waals surface area contributed by atoms with Gasteiger partial charge in [-0.2, -0.15) is 0 Å². The molecule has 24 heavy (non-hydrogen) atoms. The Bertz CT molecular complexity index is 746. The number of carbonyl (C=O) groups is 2. The van der Waals surface area contributed by atoms with E-state index in [0.29, 0.717) is 13.0 Å². The molecule has 2 aromatic rings. The number of thioether (sulfide) groups is 1. The Balaban J connectivity index is 1.52. The van der Waals surface area contributed by atoms with E-state index in [2.05, 4.69) is 10.6 Å². The van der Waals surface area contributed by atoms with Gasteiger partial charge < -0.3 is 10.6 Å². The SMILES string of the molecule is CC1Sc2ccc(CNC(=O)CCc3ccccc3)cc2NC1=O. The number of amides is 2. The van der Waals surface area contributed by atoms with Crippen LogP contribution in [0.3, 0.4) is 0 Å². The maximum Gasteiger partial charge on any atom is 0.237 e. The van der Waals surface area contributed by atoms with Crippen molar-refractivity contribution in [3.8, 4) is 0 Å². The second-order valence-electron chi connectivity index (χ2n) is 5.84. The molecule has 1 unspecified atom stereocenters. The third kappa shape index (κ3) is 4.17. The third-order valence-electron chi connectivity index (χ3n) is 3.95. The van der Waals surface area contributed by atoms with E-state index in [-0.39, 0.29) is 17.1 Å². The molecular weight excluding hydrogens is 320 g/mol. The van der Waals surface area contributed by atoms with Gasteiger partial charge in [0, 0.05) is 17.9 Å². The van der Waals surface area contributed by atoms with Gasteiger partial charge in [0.1, 0.15) is 0 Å². The van der Waals surface area contributed by atoms with Crippen LogP contribution in [0.4, 0.5) is 5.69 Å². The fourth-order valence-electron chi connectivity index (χ4n) is 2.56. The van der Waals surface area contributed by atoms with Gasteiger partial charge in [0.25, 0.3) is 0 Å². The fraction of sp³-hybridized carbons (Fsp3) is 0.263. The summed E-state index contributed by atoms with van der Waals surface area (Å²) in [6.45, 7) is 2.36. The van der Waals surface area contributed by atoms with E-state index in [1.54, 1.807) is 11.8 Å². The van der Waals surface area contributed by atoms with Crippen molar-refractivity contribution in [3.63, 3.8) is 0 Å². The van der Waals surface area contributed by atoms with Crippen LogP contribution in [-0.2, 0) is 22.6 Å². The molecular formula is C19H20N2O2S. The lowest BCUT2D eigenvalue weighted by atomic mass is 10.1. The molecule has 3 rings (SSSR count). The Kier molecular flexibility index (Phi) is 5.20. The Morgan fingerprint density at radius 1 is 1.17 bits per heavy atom. The number of rotatable bonds is 5. The number of benzene rings is 2. The predicted octanol–water partition coefficient (Wildman–Crippen LogP) is 3.37. The number of carbonyl (C=O) groups excluding carboxylic acids is 2. The molecule has 0 spiro atoms. The zero-order valence-corrected chi connectivity index (χ0v) is 14.4. The van der Waals surface area contributed by atoms with Gasteiger partial charge in [-0.3, -0.25) is 9.59 Å². The quantitative estimate of drug-likeness (QED) is 0.877. The fourth-order valence-corrected chi connectivity index (χ4v) is 3.49. The average Bonchev–Trinajstić information content (AvgIpc) is 2.60. The molecule has 124 valence electrons. The summed E-state index contributed by atoms with van der Waals surface area (Å²) in [7, 11) is 0. The van der Waals surface area contributed by atoms with Crippen LogP contribution < -0.4 is 10.6 Å². The first kappa shape index (κ1) is 16.6. The van der Waals surface area contributed by atoms with Gasteiger partial charge >= 0.3 is 0 Å². The zero-order chi connectivity index (χ0) is 16.9. The Morgan fingerprint density at radius 2 is 1.96 bits per heavy atom. The van der Waals surface area contributed by atoms with E-state index in [1.807, 2.05) is 55.5 Å². The maximum atomic E-state index is 12.0. The first-order valence-electron chi connectivity index (χ1n) is 8.03. The summed E-state index contributed by atoms with van der Waals surface area (Å²) in [4.78, 5) is 24.8. The molecule has 0 fully saturated rings. The molecule has 5 heteroatoms. The highest BCUT2D eigenvalue weighted by atomic mass is 32.2. The van der Waals surface area contributed by atoms with Gasteiger partial charge in [0.2, 0.25) is 11.8 Å². The van der Waals surface area contributed by atoms with Crippen LogP contribution in [0.1, 0.15) is 24.5 Å². The maximum absolute atomic E-state index is 12.0. The zero-order valence-electron chi connectivity index (χ0n) is 13.5. The van der Waals surface area contributed by atoms with E-state index in [4.69, 9.17) is 0 Å². The summed E-state index contributed by atoms with van der Waals surface area (Å²) < 4.78 is 0. The van der Waals surface area contributed by atoms with Crippen molar-refractivity contribution >= 4 is 29.3 Å². The molecule has 1 atom stereocenters. The van der Waals surface area contributed by atoms with Crippen molar-refractivity contribution in [1.82, 2.24) is 5.32 Å². The third-order valence-corrected chi connectivity index (χ3v) is 5.13. The Labute approximate surface area is 146 Å². The Hall–Kier alpha value is -2.27. The lowest BCUT2D eigenvalue weighted by Crippen LogP contribution is -2.27. The molecule has 0 saturated heterocycles. The normalized spacial score (nSPS) is 16.2. The van der Waals surface area contributed by atoms with Crippen LogP contribution in [0, 0.1) is 0 Å². The number of hydrogen-bond acceptors (Lipinski definition) is 3. The number of aryl methyl sites for hydroxylation is 1. The average molecular weight is 340 g/mol. The van der Waals surface area contributed by atoms with Crippen molar-refractivity contribution in [2.24, 2.45) is 0 Å². The second kappa shape index (κ2) is 7.53. The van der Waals surface area contributed by atoms with Crippen LogP contribution in [0.25, 0.3) is 0 Å². The van der Waals surface area contributed by atoms with Crippen LogP contribution in [0.15, 0.2) is 53.4 Å². The standard InChI is InChI=1S/C19H20N2O2S/c1-13-19(23)21-16-11-15(7-9-17(16)24-13)12-20-18(22)10-8-14-5-3-2-4-6-14/h2-7,9,11,13H,8,10,12H2,1H3,(H,20,22)(H,21,23). The molecule has 0 saturated carbocycles. The highest BCUT2D eigenvalue weighted by Crippen LogP contribution is 2.35. The first-order valence-corrected chi connectivity index (χ1v) is 8.91. The summed E-state index contributed by atoms with van der Waals surface area (Å²) in [5.74, 6) is 0.0557. The minimum Gasteiger partial charge on any atom is -0.352 e. The lowest BCUT2D eigenvalue weighted by Gasteiger charge is -2.22. The number of fused-ring (bicyclic) bond motifs is 1. The van der Waals surface area contributed by atoms with Crippen molar-refractivity contribution in [3.05, 3.63) is 59.7 Å². The first-order chi connectivity index (χ1) is 11.6. The highest BCUT2D eigenvalue weighted by Gasteiger charge is 2.22. The molecule has 1 aliphatic rings. The largest absolute Gasteiger partial charge is 0.352 e. The van der Waals surface area contributed by atoms with Gasteiger partial charge in [-0.15, -0.1) is 11.8 Å². The van der Waals surface area contributed by atoms with Gasteiger partial charge in [-0.1, -0.05) is 36.4 Å². The summed E-state index contributed by atoms with van der Waals surface area (Å²) >= 11 is 1.56. The Morgan fingerprint density at radius 3 is 2.75 bits per heavy atom. The van der Waals surface area contributed by atoms with Crippen LogP contribution >= 0.6 is 11.8 Å². The summed E-state index contributed by atoms with van der Waals surface area (Å²) in [5, 5.41) is 5.78. The summed E-state index contributed by atoms with van der Waals surface area (Å²) in [5.41, 5.74) is 2.98. The topological polar surface area (TPSA) is 58.2 Å². The van der Waals surface area contributed by atoms with Gasteiger partial charge in [0.05, 0.1) is 10.9 Å². The molecule has 1 heterocycles. The molecule has 0 radical (unpaired) electrons. The number of anilines is 1. The van der Waals surface area contributed by atoms with Crippen LogP contribution in [-0.4, -0.2) is 17.1 Å². The molecule has 2 N–H and O–H groups in total. The molecule has 0 aromatic heterocycles. The van der Waals surface area contributed by atoms with E-state index in [9.17, 15) is 9.59 Å². The van der Waals surface area contributed by atoms with Gasteiger partial charge in [-0.05, 0) is 36.6 Å². The lowest BCUT2D eigenvalue weighted by molar-refractivity contribution is -0.121. The van der Waals surface area contributed by atoms with Gasteiger partial charge in [0.15, 0.2) is 0 Å². The second-order valence-corrected chi connectivity index (χ2v) is 7.22. The monoisotopic (exact) mass is 340 g/mol. The summed E-state index contributed by atoms with van der Waals surface area (Å²) in [6.07, 6.45) is 1.21. The van der Waals surface area contributed by atoms with E-state index in [1.165, 1.54) is 0 Å². The van der Waals surface area contributed by atoms with E-state index in [0.717, 1.165) is 28.1 Å². The minimum atomic E-state index is -0.0685. The van der Waals surface area contributed by atoms with Crippen molar-refractivity contribution < 1.29 is 9.59 Å². The summed E-state index contributed by atoms with van der Waals surface area (Å²) in [6, 6.07) is 15.9. The molecule has 2 aromatic carbocycles. The number of hydrogen-bond donors (Lipinski definition) is 2. The van der Waals surface area contributed by atoms with Crippen molar-refractivity contribution in [2.45, 2.75) is 36.5 Å². The number of nitrogens with one attached hydrogen (secondary N) is 2. The van der Waals surface area contributed by atoms with Crippen molar-refractivity contribution in [2.75, 3.05) is 5.32 Å². The molecule has 0 aliphatic carbocycles.